The quantitative estimate of drug-likeness (QED) is 0.835. The van der Waals surface area contributed by atoms with E-state index in [-0.39, 0.29) is 36.4 Å². The van der Waals surface area contributed by atoms with Crippen molar-refractivity contribution >= 4 is 17.5 Å². The summed E-state index contributed by atoms with van der Waals surface area (Å²) in [5.41, 5.74) is 1.02. The second-order valence-electron chi connectivity index (χ2n) is 5.65. The molecule has 2 rings (SSSR count). The molecule has 0 fully saturated rings. The molecule has 4 nitrogen and oxygen atoms in total. The molecule has 6 heteroatoms. The lowest BCUT2D eigenvalue weighted by Gasteiger charge is -2.21. The highest BCUT2D eigenvalue weighted by molar-refractivity contribution is 5.91. The SMILES string of the molecule is CC(=O)N(CCC(=O)Nc1ccc(F)cc1)CCc1ccccc1F. The lowest BCUT2D eigenvalue weighted by Crippen LogP contribution is -2.33. The molecule has 1 N–H and O–H groups in total. The number of carbonyl (C=O) groups is 2. The summed E-state index contributed by atoms with van der Waals surface area (Å²) in [4.78, 5) is 25.2. The third-order valence-corrected chi connectivity index (χ3v) is 3.79. The minimum absolute atomic E-state index is 0.105. The summed E-state index contributed by atoms with van der Waals surface area (Å²) >= 11 is 0. The van der Waals surface area contributed by atoms with E-state index in [9.17, 15) is 18.4 Å². The minimum Gasteiger partial charge on any atom is -0.342 e. The van der Waals surface area contributed by atoms with Gasteiger partial charge in [-0.15, -0.1) is 0 Å². The molecule has 0 bridgehead atoms. The predicted molar refractivity (Wildman–Crippen MR) is 92.0 cm³/mol. The highest BCUT2D eigenvalue weighted by Crippen LogP contribution is 2.10. The molecule has 0 aliphatic carbocycles. The average Bonchev–Trinajstić information content (AvgIpc) is 2.58. The third-order valence-electron chi connectivity index (χ3n) is 3.79. The second-order valence-corrected chi connectivity index (χ2v) is 5.65. The van der Waals surface area contributed by atoms with E-state index < -0.39 is 0 Å². The molecule has 2 aromatic carbocycles. The van der Waals surface area contributed by atoms with Gasteiger partial charge in [-0.3, -0.25) is 9.59 Å². The van der Waals surface area contributed by atoms with Gasteiger partial charge >= 0.3 is 0 Å². The minimum atomic E-state index is -0.381. The van der Waals surface area contributed by atoms with Gasteiger partial charge in [-0.05, 0) is 42.3 Å². The molecule has 0 aromatic heterocycles. The molecule has 0 aliphatic heterocycles. The Morgan fingerprint density at radius 3 is 2.32 bits per heavy atom. The molecule has 0 heterocycles. The summed E-state index contributed by atoms with van der Waals surface area (Å²) in [5, 5.41) is 2.64. The zero-order valence-electron chi connectivity index (χ0n) is 14.0. The van der Waals surface area contributed by atoms with Gasteiger partial charge in [0.15, 0.2) is 0 Å². The number of halogens is 2. The first-order valence-corrected chi connectivity index (χ1v) is 8.00. The molecule has 2 aromatic rings. The molecule has 0 aliphatic rings. The lowest BCUT2D eigenvalue weighted by atomic mass is 10.1. The maximum Gasteiger partial charge on any atom is 0.226 e. The number of anilines is 1. The Morgan fingerprint density at radius 2 is 1.68 bits per heavy atom. The molecule has 0 saturated heterocycles. The molecule has 132 valence electrons. The Hall–Kier alpha value is -2.76. The van der Waals surface area contributed by atoms with Gasteiger partial charge in [-0.25, -0.2) is 8.78 Å². The van der Waals surface area contributed by atoms with Gasteiger partial charge in [0.1, 0.15) is 11.6 Å². The van der Waals surface area contributed by atoms with Gasteiger partial charge in [0.25, 0.3) is 0 Å². The van der Waals surface area contributed by atoms with Crippen LogP contribution < -0.4 is 5.32 Å². The molecule has 0 saturated carbocycles. The number of carbonyl (C=O) groups excluding carboxylic acids is 2. The molecule has 25 heavy (non-hydrogen) atoms. The molecular weight excluding hydrogens is 326 g/mol. The smallest absolute Gasteiger partial charge is 0.226 e. The molecule has 0 radical (unpaired) electrons. The first-order valence-electron chi connectivity index (χ1n) is 8.00. The number of benzene rings is 2. The van der Waals surface area contributed by atoms with Crippen molar-refractivity contribution in [2.75, 3.05) is 18.4 Å². The van der Waals surface area contributed by atoms with E-state index in [1.807, 2.05) is 0 Å². The zero-order valence-corrected chi connectivity index (χ0v) is 14.0. The number of rotatable bonds is 7. The fourth-order valence-corrected chi connectivity index (χ4v) is 2.38. The predicted octanol–water partition coefficient (Wildman–Crippen LogP) is 3.38. The van der Waals surface area contributed by atoms with Crippen molar-refractivity contribution in [1.82, 2.24) is 4.90 Å². The monoisotopic (exact) mass is 346 g/mol. The van der Waals surface area contributed by atoms with E-state index in [2.05, 4.69) is 5.32 Å². The summed E-state index contributed by atoms with van der Waals surface area (Å²) in [6, 6.07) is 11.9. The van der Waals surface area contributed by atoms with E-state index in [0.717, 1.165) is 0 Å². The molecule has 0 spiro atoms. The summed E-state index contributed by atoms with van der Waals surface area (Å²) in [7, 11) is 0. The van der Waals surface area contributed by atoms with E-state index in [4.69, 9.17) is 0 Å². The highest BCUT2D eigenvalue weighted by atomic mass is 19.1. The average molecular weight is 346 g/mol. The Labute approximate surface area is 145 Å². The van der Waals surface area contributed by atoms with Crippen molar-refractivity contribution in [1.29, 1.82) is 0 Å². The van der Waals surface area contributed by atoms with E-state index >= 15 is 0 Å². The molecule has 0 unspecified atom stereocenters. The van der Waals surface area contributed by atoms with Crippen molar-refractivity contribution in [3.63, 3.8) is 0 Å². The van der Waals surface area contributed by atoms with Crippen molar-refractivity contribution in [3.8, 4) is 0 Å². The molecular formula is C19H20F2N2O2. The van der Waals surface area contributed by atoms with Crippen LogP contribution in [0.2, 0.25) is 0 Å². The van der Waals surface area contributed by atoms with Crippen LogP contribution in [-0.2, 0) is 16.0 Å². The summed E-state index contributed by atoms with van der Waals surface area (Å²) in [5.74, 6) is -1.14. The van der Waals surface area contributed by atoms with Gasteiger partial charge in [-0.2, -0.15) is 0 Å². The van der Waals surface area contributed by atoms with Crippen molar-refractivity contribution < 1.29 is 18.4 Å². The van der Waals surface area contributed by atoms with Gasteiger partial charge in [0, 0.05) is 32.1 Å². The van der Waals surface area contributed by atoms with Crippen LogP contribution in [0.4, 0.5) is 14.5 Å². The van der Waals surface area contributed by atoms with Gasteiger partial charge in [0.05, 0.1) is 0 Å². The Balaban J connectivity index is 1.84. The van der Waals surface area contributed by atoms with Crippen molar-refractivity contribution in [2.24, 2.45) is 0 Å². The summed E-state index contributed by atoms with van der Waals surface area (Å²) in [6.07, 6.45) is 0.486. The van der Waals surface area contributed by atoms with Crippen LogP contribution in [-0.4, -0.2) is 29.8 Å². The Morgan fingerprint density at radius 1 is 1.00 bits per heavy atom. The molecule has 0 atom stereocenters. The van der Waals surface area contributed by atoms with Crippen molar-refractivity contribution in [3.05, 3.63) is 65.7 Å². The van der Waals surface area contributed by atoms with Crippen LogP contribution in [0.25, 0.3) is 0 Å². The van der Waals surface area contributed by atoms with Crippen LogP contribution in [0, 0.1) is 11.6 Å². The van der Waals surface area contributed by atoms with Gasteiger partial charge in [0.2, 0.25) is 11.8 Å². The normalized spacial score (nSPS) is 10.4. The number of nitrogens with one attached hydrogen (secondary N) is 1. The standard InChI is InChI=1S/C19H20F2N2O2/c1-14(24)23(12-10-15-4-2-3-5-18(15)21)13-11-19(25)22-17-8-6-16(20)7-9-17/h2-9H,10-13H2,1H3,(H,22,25). The lowest BCUT2D eigenvalue weighted by molar-refractivity contribution is -0.129. The number of nitrogens with zero attached hydrogens (tertiary/aromatic N) is 1. The second kappa shape index (κ2) is 8.92. The Kier molecular flexibility index (Phi) is 6.62. The van der Waals surface area contributed by atoms with Crippen LogP contribution in [0.1, 0.15) is 18.9 Å². The Bertz CT molecular complexity index is 732. The largest absolute Gasteiger partial charge is 0.342 e. The summed E-state index contributed by atoms with van der Waals surface area (Å²) < 4.78 is 26.5. The van der Waals surface area contributed by atoms with Crippen LogP contribution in [0.15, 0.2) is 48.5 Å². The maximum atomic E-state index is 13.6. The fourth-order valence-electron chi connectivity index (χ4n) is 2.38. The topological polar surface area (TPSA) is 49.4 Å². The van der Waals surface area contributed by atoms with Gasteiger partial charge < -0.3 is 10.2 Å². The van der Waals surface area contributed by atoms with Crippen LogP contribution in [0.3, 0.4) is 0 Å². The maximum absolute atomic E-state index is 13.6. The number of hydrogen-bond donors (Lipinski definition) is 1. The van der Waals surface area contributed by atoms with E-state index in [1.165, 1.54) is 42.2 Å². The summed E-state index contributed by atoms with van der Waals surface area (Å²) in [6.45, 7) is 1.98. The highest BCUT2D eigenvalue weighted by Gasteiger charge is 2.12. The van der Waals surface area contributed by atoms with Crippen molar-refractivity contribution in [2.45, 2.75) is 19.8 Å². The van der Waals surface area contributed by atoms with E-state index in [0.29, 0.717) is 24.2 Å². The number of hydrogen-bond acceptors (Lipinski definition) is 2. The van der Waals surface area contributed by atoms with Gasteiger partial charge in [-0.1, -0.05) is 18.2 Å². The first-order chi connectivity index (χ1) is 12.0. The van der Waals surface area contributed by atoms with Crippen LogP contribution in [0.5, 0.6) is 0 Å². The van der Waals surface area contributed by atoms with Crippen LogP contribution >= 0.6 is 0 Å². The zero-order chi connectivity index (χ0) is 18.2. The van der Waals surface area contributed by atoms with E-state index in [1.54, 1.807) is 18.2 Å². The number of amides is 2. The fraction of sp³-hybridized carbons (Fsp3) is 0.263. The first kappa shape index (κ1) is 18.6. The third kappa shape index (κ3) is 5.99. The molecule has 2 amide bonds.